The van der Waals surface area contributed by atoms with E-state index >= 15 is 0 Å². The summed E-state index contributed by atoms with van der Waals surface area (Å²) < 4.78 is 36.7. The number of benzene rings is 1. The van der Waals surface area contributed by atoms with Crippen LogP contribution in [0.1, 0.15) is 25.0 Å². The summed E-state index contributed by atoms with van der Waals surface area (Å²) in [7, 11) is 0. The minimum atomic E-state index is -0.945. The summed E-state index contributed by atoms with van der Waals surface area (Å²) in [4.78, 5) is 0. The average Bonchev–Trinajstić information content (AvgIpc) is 3.09. The molecule has 2 atom stereocenters. The Morgan fingerprint density at radius 3 is 2.71 bits per heavy atom. The first kappa shape index (κ1) is 12.7. The summed E-state index contributed by atoms with van der Waals surface area (Å²) in [5.41, 5.74) is 0.480. The zero-order valence-electron chi connectivity index (χ0n) is 9.38. The molecule has 0 saturated carbocycles. The predicted molar refractivity (Wildman–Crippen MR) is 60.1 cm³/mol. The van der Waals surface area contributed by atoms with Gasteiger partial charge in [0.15, 0.2) is 11.6 Å². The molecule has 1 aromatic rings. The molecule has 2 rings (SSSR count). The SMILES string of the molecule is CC[C@@H](OCC1CO1)c1cc(F)c(F)cc1Cl. The van der Waals surface area contributed by atoms with Crippen molar-refractivity contribution in [1.29, 1.82) is 0 Å². The average molecular weight is 263 g/mol. The van der Waals surface area contributed by atoms with Crippen LogP contribution in [-0.4, -0.2) is 19.3 Å². The topological polar surface area (TPSA) is 21.8 Å². The second-order valence-corrected chi connectivity index (χ2v) is 4.38. The molecular formula is C12H13ClF2O2. The van der Waals surface area contributed by atoms with E-state index in [2.05, 4.69) is 0 Å². The van der Waals surface area contributed by atoms with Crippen molar-refractivity contribution in [3.8, 4) is 0 Å². The summed E-state index contributed by atoms with van der Waals surface area (Å²) in [5.74, 6) is -1.85. The third-order valence-corrected chi connectivity index (χ3v) is 2.97. The number of rotatable bonds is 5. The molecule has 0 radical (unpaired) electrons. The van der Waals surface area contributed by atoms with Gasteiger partial charge in [0.2, 0.25) is 0 Å². The van der Waals surface area contributed by atoms with Crippen LogP contribution in [0.2, 0.25) is 5.02 Å². The maximum Gasteiger partial charge on any atom is 0.160 e. The quantitative estimate of drug-likeness (QED) is 0.599. The summed E-state index contributed by atoms with van der Waals surface area (Å²) in [5, 5.41) is 0.187. The van der Waals surface area contributed by atoms with Crippen molar-refractivity contribution in [3.05, 3.63) is 34.4 Å². The van der Waals surface area contributed by atoms with E-state index in [0.29, 0.717) is 25.2 Å². The van der Waals surface area contributed by atoms with Crippen molar-refractivity contribution >= 4 is 11.6 Å². The van der Waals surface area contributed by atoms with Gasteiger partial charge in [0.05, 0.1) is 19.3 Å². The smallest absolute Gasteiger partial charge is 0.160 e. The van der Waals surface area contributed by atoms with E-state index in [9.17, 15) is 8.78 Å². The van der Waals surface area contributed by atoms with Crippen LogP contribution in [-0.2, 0) is 9.47 Å². The molecule has 1 heterocycles. The predicted octanol–water partition coefficient (Wildman–Crippen LogP) is 3.48. The Labute approximate surface area is 103 Å². The highest BCUT2D eigenvalue weighted by molar-refractivity contribution is 6.31. The van der Waals surface area contributed by atoms with Crippen LogP contribution in [0.25, 0.3) is 0 Å². The lowest BCUT2D eigenvalue weighted by atomic mass is 10.1. The van der Waals surface area contributed by atoms with Crippen molar-refractivity contribution in [2.75, 3.05) is 13.2 Å². The molecule has 1 aliphatic heterocycles. The highest BCUT2D eigenvalue weighted by Crippen LogP contribution is 2.30. The minimum Gasteiger partial charge on any atom is -0.371 e. The fourth-order valence-electron chi connectivity index (χ4n) is 1.60. The molecule has 94 valence electrons. The molecule has 0 amide bonds. The maximum atomic E-state index is 13.2. The molecule has 0 aliphatic carbocycles. The van der Waals surface area contributed by atoms with E-state index in [1.165, 1.54) is 0 Å². The second-order valence-electron chi connectivity index (χ2n) is 3.97. The van der Waals surface area contributed by atoms with Crippen LogP contribution < -0.4 is 0 Å². The van der Waals surface area contributed by atoms with E-state index in [0.717, 1.165) is 12.1 Å². The van der Waals surface area contributed by atoms with Crippen molar-refractivity contribution in [2.45, 2.75) is 25.6 Å². The maximum absolute atomic E-state index is 13.2. The second kappa shape index (κ2) is 5.29. The van der Waals surface area contributed by atoms with Crippen LogP contribution in [0.3, 0.4) is 0 Å². The van der Waals surface area contributed by atoms with Gasteiger partial charge >= 0.3 is 0 Å². The summed E-state index contributed by atoms with van der Waals surface area (Å²) >= 11 is 5.89. The summed E-state index contributed by atoms with van der Waals surface area (Å²) in [6.45, 7) is 3.05. The fourth-order valence-corrected chi connectivity index (χ4v) is 1.87. The zero-order chi connectivity index (χ0) is 12.4. The first-order valence-corrected chi connectivity index (χ1v) is 5.87. The Balaban J connectivity index is 2.13. The number of ether oxygens (including phenoxy) is 2. The molecule has 1 aliphatic rings. The van der Waals surface area contributed by atoms with Gasteiger partial charge in [-0.2, -0.15) is 0 Å². The molecule has 0 N–H and O–H groups in total. The van der Waals surface area contributed by atoms with Gasteiger partial charge in [-0.25, -0.2) is 8.78 Å². The molecule has 0 spiro atoms. The number of hydrogen-bond acceptors (Lipinski definition) is 2. The lowest BCUT2D eigenvalue weighted by molar-refractivity contribution is 0.0393. The van der Waals surface area contributed by atoms with Crippen LogP contribution in [0, 0.1) is 11.6 Å². The molecule has 1 aromatic carbocycles. The van der Waals surface area contributed by atoms with E-state index < -0.39 is 11.6 Å². The normalized spacial score (nSPS) is 20.4. The molecule has 17 heavy (non-hydrogen) atoms. The van der Waals surface area contributed by atoms with Crippen molar-refractivity contribution in [3.63, 3.8) is 0 Å². The lowest BCUT2D eigenvalue weighted by Crippen LogP contribution is -2.09. The Kier molecular flexibility index (Phi) is 3.97. The van der Waals surface area contributed by atoms with Crippen molar-refractivity contribution < 1.29 is 18.3 Å². The van der Waals surface area contributed by atoms with Crippen molar-refractivity contribution in [1.82, 2.24) is 0 Å². The van der Waals surface area contributed by atoms with Gasteiger partial charge in [0, 0.05) is 10.6 Å². The summed E-state index contributed by atoms with van der Waals surface area (Å²) in [6.07, 6.45) is 0.437. The van der Waals surface area contributed by atoms with E-state index in [-0.39, 0.29) is 17.2 Å². The molecule has 0 aromatic heterocycles. The highest BCUT2D eigenvalue weighted by Gasteiger charge is 2.25. The van der Waals surface area contributed by atoms with Crippen molar-refractivity contribution in [2.24, 2.45) is 0 Å². The first-order chi connectivity index (χ1) is 8.11. The van der Waals surface area contributed by atoms with Crippen LogP contribution in [0.15, 0.2) is 12.1 Å². The van der Waals surface area contributed by atoms with Crippen LogP contribution >= 0.6 is 11.6 Å². The molecule has 0 bridgehead atoms. The first-order valence-electron chi connectivity index (χ1n) is 5.49. The van der Waals surface area contributed by atoms with Gasteiger partial charge in [-0.05, 0) is 18.6 Å². The molecule has 2 nitrogen and oxygen atoms in total. The molecule has 5 heteroatoms. The summed E-state index contributed by atoms with van der Waals surface area (Å²) in [6, 6.07) is 2.07. The number of hydrogen-bond donors (Lipinski definition) is 0. The van der Waals surface area contributed by atoms with Gasteiger partial charge in [-0.15, -0.1) is 0 Å². The van der Waals surface area contributed by atoms with Gasteiger partial charge in [0.1, 0.15) is 6.10 Å². The molecule has 1 saturated heterocycles. The number of epoxide rings is 1. The molecule has 1 fully saturated rings. The Morgan fingerprint density at radius 1 is 1.47 bits per heavy atom. The standard InChI is InChI=1S/C12H13ClF2O2/c1-2-12(17-6-7-5-16-7)8-3-10(14)11(15)4-9(8)13/h3-4,7,12H,2,5-6H2,1H3/t7?,12-/m1/s1. The van der Waals surface area contributed by atoms with Crippen LogP contribution in [0.5, 0.6) is 0 Å². The zero-order valence-corrected chi connectivity index (χ0v) is 10.1. The van der Waals surface area contributed by atoms with Gasteiger partial charge < -0.3 is 9.47 Å². The Hall–Kier alpha value is -0.710. The highest BCUT2D eigenvalue weighted by atomic mass is 35.5. The monoisotopic (exact) mass is 262 g/mol. The third-order valence-electron chi connectivity index (χ3n) is 2.64. The molecular weight excluding hydrogens is 250 g/mol. The van der Waals surface area contributed by atoms with E-state index in [1.54, 1.807) is 0 Å². The molecule has 1 unspecified atom stereocenters. The van der Waals surface area contributed by atoms with Gasteiger partial charge in [-0.3, -0.25) is 0 Å². The largest absolute Gasteiger partial charge is 0.371 e. The minimum absolute atomic E-state index is 0.133. The Morgan fingerprint density at radius 2 is 2.12 bits per heavy atom. The van der Waals surface area contributed by atoms with Crippen LogP contribution in [0.4, 0.5) is 8.78 Å². The third kappa shape index (κ3) is 3.15. The van der Waals surface area contributed by atoms with E-state index in [4.69, 9.17) is 21.1 Å². The van der Waals surface area contributed by atoms with Gasteiger partial charge in [0.25, 0.3) is 0 Å². The number of halogens is 3. The fraction of sp³-hybridized carbons (Fsp3) is 0.500. The van der Waals surface area contributed by atoms with Gasteiger partial charge in [-0.1, -0.05) is 18.5 Å². The lowest BCUT2D eigenvalue weighted by Gasteiger charge is -2.17. The van der Waals surface area contributed by atoms with E-state index in [1.807, 2.05) is 6.92 Å². The Bertz CT molecular complexity index is 408.